The molecule has 0 amide bonds. The highest BCUT2D eigenvalue weighted by atomic mass is 16.6. The van der Waals surface area contributed by atoms with Crippen molar-refractivity contribution in [2.24, 2.45) is 5.92 Å². The molecule has 2 nitrogen and oxygen atoms in total. The molecule has 1 N–H and O–H groups in total. The van der Waals surface area contributed by atoms with Gasteiger partial charge in [-0.3, -0.25) is 0 Å². The quantitative estimate of drug-likeness (QED) is 0.610. The molecule has 0 saturated carbocycles. The van der Waals surface area contributed by atoms with Crippen molar-refractivity contribution in [2.45, 2.75) is 39.3 Å². The first-order valence-electron chi connectivity index (χ1n) is 4.59. The maximum absolute atomic E-state index is 5.23. The maximum Gasteiger partial charge on any atom is 0.0962 e. The molecule has 1 fully saturated rings. The van der Waals surface area contributed by atoms with Crippen LogP contribution in [0, 0.1) is 5.92 Å². The van der Waals surface area contributed by atoms with Crippen molar-refractivity contribution in [1.29, 1.82) is 0 Å². The van der Waals surface area contributed by atoms with Gasteiger partial charge in [-0.2, -0.15) is 0 Å². The van der Waals surface area contributed by atoms with Crippen molar-refractivity contribution < 1.29 is 4.74 Å². The summed E-state index contributed by atoms with van der Waals surface area (Å²) in [6, 6.07) is 0.595. The summed E-state index contributed by atoms with van der Waals surface area (Å²) in [5, 5.41) is 3.51. The highest BCUT2D eigenvalue weighted by molar-refractivity contribution is 4.83. The van der Waals surface area contributed by atoms with Crippen molar-refractivity contribution in [2.75, 3.05) is 13.2 Å². The Morgan fingerprint density at radius 2 is 2.18 bits per heavy atom. The lowest BCUT2D eigenvalue weighted by atomic mass is 10.1. The number of epoxide rings is 1. The molecule has 11 heavy (non-hydrogen) atoms. The fraction of sp³-hybridized carbons (Fsp3) is 1.00. The highest BCUT2D eigenvalue weighted by Crippen LogP contribution is 2.16. The molecule has 0 radical (unpaired) electrons. The highest BCUT2D eigenvalue weighted by Gasteiger charge is 2.30. The molecular formula is C9H19NO. The van der Waals surface area contributed by atoms with Crippen LogP contribution in [-0.4, -0.2) is 25.3 Å². The fourth-order valence-electron chi connectivity index (χ4n) is 1.21. The molecule has 0 aromatic carbocycles. The summed E-state index contributed by atoms with van der Waals surface area (Å²) in [5.74, 6) is 0.739. The summed E-state index contributed by atoms with van der Waals surface area (Å²) in [6.07, 6.45) is 1.69. The Labute approximate surface area is 69.3 Å². The van der Waals surface area contributed by atoms with Gasteiger partial charge in [0.1, 0.15) is 0 Å². The van der Waals surface area contributed by atoms with Gasteiger partial charge in [-0.05, 0) is 18.9 Å². The van der Waals surface area contributed by atoms with E-state index in [0.717, 1.165) is 19.1 Å². The van der Waals surface area contributed by atoms with E-state index < -0.39 is 0 Å². The van der Waals surface area contributed by atoms with Crippen LogP contribution in [0.2, 0.25) is 0 Å². The zero-order valence-corrected chi connectivity index (χ0v) is 7.76. The van der Waals surface area contributed by atoms with Crippen molar-refractivity contribution >= 4 is 0 Å². The Morgan fingerprint density at radius 1 is 1.55 bits per heavy atom. The zero-order valence-electron chi connectivity index (χ0n) is 7.76. The van der Waals surface area contributed by atoms with Gasteiger partial charge in [0, 0.05) is 6.04 Å². The normalized spacial score (nSPS) is 25.6. The van der Waals surface area contributed by atoms with E-state index in [1.54, 1.807) is 0 Å². The second-order valence-electron chi connectivity index (χ2n) is 3.69. The van der Waals surface area contributed by atoms with Gasteiger partial charge in [0.25, 0.3) is 0 Å². The lowest BCUT2D eigenvalue weighted by Gasteiger charge is -2.15. The van der Waals surface area contributed by atoms with Crippen LogP contribution in [0.1, 0.15) is 27.2 Å². The van der Waals surface area contributed by atoms with Crippen LogP contribution in [0.4, 0.5) is 0 Å². The molecular weight excluding hydrogens is 138 g/mol. The minimum absolute atomic E-state index is 0.513. The van der Waals surface area contributed by atoms with E-state index in [2.05, 4.69) is 26.1 Å². The molecule has 1 rings (SSSR count). The van der Waals surface area contributed by atoms with Crippen molar-refractivity contribution in [1.82, 2.24) is 5.32 Å². The molecule has 2 heteroatoms. The summed E-state index contributed by atoms with van der Waals surface area (Å²) in [6.45, 7) is 8.74. The van der Waals surface area contributed by atoms with E-state index in [-0.39, 0.29) is 0 Å². The predicted molar refractivity (Wildman–Crippen MR) is 46.7 cm³/mol. The topological polar surface area (TPSA) is 24.6 Å². The van der Waals surface area contributed by atoms with Gasteiger partial charge in [0.2, 0.25) is 0 Å². The van der Waals surface area contributed by atoms with E-state index in [4.69, 9.17) is 4.74 Å². The number of hydrogen-bond donors (Lipinski definition) is 1. The van der Waals surface area contributed by atoms with Crippen molar-refractivity contribution in [3.63, 3.8) is 0 Å². The van der Waals surface area contributed by atoms with Crippen LogP contribution in [0.5, 0.6) is 0 Å². The second kappa shape index (κ2) is 4.07. The van der Waals surface area contributed by atoms with Crippen molar-refractivity contribution in [3.05, 3.63) is 0 Å². The molecule has 1 saturated heterocycles. The molecule has 2 atom stereocenters. The third-order valence-corrected chi connectivity index (χ3v) is 2.04. The van der Waals surface area contributed by atoms with Gasteiger partial charge in [-0.25, -0.2) is 0 Å². The van der Waals surface area contributed by atoms with Gasteiger partial charge in [-0.15, -0.1) is 0 Å². The smallest absolute Gasteiger partial charge is 0.0962 e. The largest absolute Gasteiger partial charge is 0.371 e. The monoisotopic (exact) mass is 157 g/mol. The Kier molecular flexibility index (Phi) is 3.34. The van der Waals surface area contributed by atoms with Gasteiger partial charge in [0.15, 0.2) is 0 Å². The van der Waals surface area contributed by atoms with Gasteiger partial charge < -0.3 is 10.1 Å². The third-order valence-electron chi connectivity index (χ3n) is 2.04. The van der Waals surface area contributed by atoms with Gasteiger partial charge in [-0.1, -0.05) is 20.8 Å². The standard InChI is InChI=1S/C9H19NO/c1-4-8(9-6-11-9)10-5-7(2)3/h7-10H,4-6H2,1-3H3. The maximum atomic E-state index is 5.23. The molecule has 1 aliphatic rings. The third kappa shape index (κ3) is 3.21. The molecule has 0 aliphatic carbocycles. The summed E-state index contributed by atoms with van der Waals surface area (Å²) < 4.78 is 5.23. The molecule has 66 valence electrons. The first kappa shape index (κ1) is 9.01. The van der Waals surface area contributed by atoms with Gasteiger partial charge >= 0.3 is 0 Å². The van der Waals surface area contributed by atoms with Crippen LogP contribution in [0.25, 0.3) is 0 Å². The van der Waals surface area contributed by atoms with Crippen LogP contribution >= 0.6 is 0 Å². The lowest BCUT2D eigenvalue weighted by molar-refractivity contribution is 0.326. The molecule has 0 spiro atoms. The van der Waals surface area contributed by atoms with E-state index in [0.29, 0.717) is 12.1 Å². The SMILES string of the molecule is CCC(NCC(C)C)C1CO1. The summed E-state index contributed by atoms with van der Waals surface area (Å²) in [4.78, 5) is 0. The Bertz CT molecular complexity index is 110. The van der Waals surface area contributed by atoms with Crippen LogP contribution < -0.4 is 5.32 Å². The van der Waals surface area contributed by atoms with Crippen LogP contribution in [0.3, 0.4) is 0 Å². The van der Waals surface area contributed by atoms with Crippen LogP contribution in [0.15, 0.2) is 0 Å². The second-order valence-corrected chi connectivity index (χ2v) is 3.69. The molecule has 0 aromatic heterocycles. The zero-order chi connectivity index (χ0) is 8.27. The summed E-state index contributed by atoms with van der Waals surface area (Å²) >= 11 is 0. The van der Waals surface area contributed by atoms with Crippen molar-refractivity contribution in [3.8, 4) is 0 Å². The molecule has 2 unspecified atom stereocenters. The molecule has 1 aliphatic heterocycles. The predicted octanol–water partition coefficient (Wildman–Crippen LogP) is 1.41. The van der Waals surface area contributed by atoms with E-state index in [1.165, 1.54) is 6.42 Å². The Morgan fingerprint density at radius 3 is 2.55 bits per heavy atom. The molecule has 1 heterocycles. The summed E-state index contributed by atoms with van der Waals surface area (Å²) in [5.41, 5.74) is 0. The number of ether oxygens (including phenoxy) is 1. The first-order chi connectivity index (χ1) is 5.24. The fourth-order valence-corrected chi connectivity index (χ4v) is 1.21. The average Bonchev–Trinajstić information content (AvgIpc) is 2.72. The Hall–Kier alpha value is -0.0800. The summed E-state index contributed by atoms with van der Waals surface area (Å²) in [7, 11) is 0. The first-order valence-corrected chi connectivity index (χ1v) is 4.59. The van der Waals surface area contributed by atoms with E-state index in [9.17, 15) is 0 Å². The lowest BCUT2D eigenvalue weighted by Crippen LogP contribution is -2.35. The molecule has 0 bridgehead atoms. The molecule has 0 aromatic rings. The van der Waals surface area contributed by atoms with E-state index in [1.807, 2.05) is 0 Å². The van der Waals surface area contributed by atoms with E-state index >= 15 is 0 Å². The minimum Gasteiger partial charge on any atom is -0.371 e. The number of nitrogens with one attached hydrogen (secondary N) is 1. The number of hydrogen-bond acceptors (Lipinski definition) is 2. The average molecular weight is 157 g/mol. The Balaban J connectivity index is 2.10. The van der Waals surface area contributed by atoms with Crippen LogP contribution in [-0.2, 0) is 4.74 Å². The van der Waals surface area contributed by atoms with Gasteiger partial charge in [0.05, 0.1) is 12.7 Å². The number of rotatable bonds is 5. The minimum atomic E-state index is 0.513.